The lowest BCUT2D eigenvalue weighted by Crippen LogP contribution is -2.01. The van der Waals surface area contributed by atoms with Gasteiger partial charge in [-0.25, -0.2) is 8.78 Å². The van der Waals surface area contributed by atoms with E-state index in [0.29, 0.717) is 14.8 Å². The summed E-state index contributed by atoms with van der Waals surface area (Å²) in [6, 6.07) is 0. The number of nitrogens with zero attached hydrogens (tertiary/aromatic N) is 1. The minimum atomic E-state index is -2.48. The fourth-order valence-corrected chi connectivity index (χ4v) is 2.08. The Morgan fingerprint density at radius 3 is 2.62 bits per heavy atom. The zero-order valence-corrected chi connectivity index (χ0v) is 9.73. The molecule has 0 saturated carbocycles. The van der Waals surface area contributed by atoms with Crippen LogP contribution in [0.3, 0.4) is 0 Å². The molecule has 5 heteroatoms. The lowest BCUT2D eigenvalue weighted by molar-refractivity contribution is 0.149. The number of halogens is 4. The summed E-state index contributed by atoms with van der Waals surface area (Å²) in [6.45, 7) is 1.68. The van der Waals surface area contributed by atoms with Crippen molar-refractivity contribution in [1.82, 2.24) is 4.98 Å². The van der Waals surface area contributed by atoms with Gasteiger partial charge in [0.2, 0.25) is 0 Å². The van der Waals surface area contributed by atoms with Gasteiger partial charge >= 0.3 is 0 Å². The first-order chi connectivity index (χ1) is 6.07. The van der Waals surface area contributed by atoms with Crippen molar-refractivity contribution in [2.45, 2.75) is 19.2 Å². The highest BCUT2D eigenvalue weighted by molar-refractivity contribution is 14.1. The summed E-state index contributed by atoms with van der Waals surface area (Å²) in [5.41, 5.74) is 1.04. The molecule has 0 aliphatic rings. The third-order valence-electron chi connectivity index (χ3n) is 1.74. The van der Waals surface area contributed by atoms with Gasteiger partial charge in [-0.15, -0.1) is 11.6 Å². The molecule has 0 atom stereocenters. The van der Waals surface area contributed by atoms with E-state index in [1.54, 1.807) is 6.92 Å². The summed E-state index contributed by atoms with van der Waals surface area (Å²) >= 11 is 7.42. The Kier molecular flexibility index (Phi) is 3.85. The van der Waals surface area contributed by atoms with Crippen molar-refractivity contribution in [2.75, 3.05) is 0 Å². The number of hydrogen-bond acceptors (Lipinski definition) is 1. The predicted molar refractivity (Wildman–Crippen MR) is 56.2 cm³/mol. The molecule has 0 aliphatic heterocycles. The van der Waals surface area contributed by atoms with E-state index in [0.717, 1.165) is 0 Å². The van der Waals surface area contributed by atoms with Crippen molar-refractivity contribution < 1.29 is 8.78 Å². The van der Waals surface area contributed by atoms with Crippen molar-refractivity contribution >= 4 is 34.2 Å². The molecular formula is C8H7ClF2IN. The molecule has 72 valence electrons. The molecule has 0 saturated heterocycles. The summed E-state index contributed by atoms with van der Waals surface area (Å²) < 4.78 is 25.6. The van der Waals surface area contributed by atoms with Crippen LogP contribution in [0.4, 0.5) is 8.78 Å². The first kappa shape index (κ1) is 11.1. The number of aryl methyl sites for hydroxylation is 1. The van der Waals surface area contributed by atoms with Crippen LogP contribution >= 0.6 is 34.2 Å². The third-order valence-corrected chi connectivity index (χ3v) is 2.87. The summed E-state index contributed by atoms with van der Waals surface area (Å²) in [5.74, 6) is 0.0787. The van der Waals surface area contributed by atoms with Crippen LogP contribution in [0.15, 0.2) is 6.20 Å². The van der Waals surface area contributed by atoms with Crippen molar-refractivity contribution in [3.8, 4) is 0 Å². The molecule has 1 aromatic rings. The maximum atomic E-state index is 12.6. The van der Waals surface area contributed by atoms with Crippen molar-refractivity contribution in [3.63, 3.8) is 0 Å². The van der Waals surface area contributed by atoms with E-state index >= 15 is 0 Å². The van der Waals surface area contributed by atoms with Crippen LogP contribution in [0, 0.1) is 10.5 Å². The Morgan fingerprint density at radius 1 is 1.62 bits per heavy atom. The predicted octanol–water partition coefficient (Wildman–Crippen LogP) is 3.67. The molecule has 0 amide bonds. The molecule has 0 spiro atoms. The first-order valence-electron chi connectivity index (χ1n) is 3.56. The van der Waals surface area contributed by atoms with Gasteiger partial charge in [-0.05, 0) is 35.1 Å². The van der Waals surface area contributed by atoms with Gasteiger partial charge in [-0.1, -0.05) is 0 Å². The Bertz CT molecular complexity index is 317. The number of rotatable bonds is 2. The normalized spacial score (nSPS) is 10.9. The average Bonchev–Trinajstić information content (AvgIpc) is 2.07. The molecule has 1 heterocycles. The molecule has 0 aliphatic carbocycles. The van der Waals surface area contributed by atoms with E-state index in [9.17, 15) is 8.78 Å². The quantitative estimate of drug-likeness (QED) is 0.599. The van der Waals surface area contributed by atoms with Gasteiger partial charge in [-0.3, -0.25) is 4.98 Å². The van der Waals surface area contributed by atoms with Crippen molar-refractivity contribution in [3.05, 3.63) is 26.6 Å². The highest BCUT2D eigenvalue weighted by Crippen LogP contribution is 2.29. The monoisotopic (exact) mass is 317 g/mol. The van der Waals surface area contributed by atoms with Gasteiger partial charge in [0.05, 0.1) is 0 Å². The van der Waals surface area contributed by atoms with Crippen LogP contribution in [0.25, 0.3) is 0 Å². The third kappa shape index (κ3) is 2.28. The lowest BCUT2D eigenvalue weighted by Gasteiger charge is -2.10. The van der Waals surface area contributed by atoms with Gasteiger partial charge in [-0.2, -0.15) is 0 Å². The second kappa shape index (κ2) is 4.50. The summed E-state index contributed by atoms with van der Waals surface area (Å²) in [4.78, 5) is 3.97. The van der Waals surface area contributed by atoms with Crippen LogP contribution in [0.1, 0.15) is 23.2 Å². The summed E-state index contributed by atoms with van der Waals surface area (Å²) in [5, 5.41) is 0. The van der Waals surface area contributed by atoms with Crippen molar-refractivity contribution in [1.29, 1.82) is 0 Å². The highest BCUT2D eigenvalue weighted by atomic mass is 127. The standard InChI is InChI=1S/C8H7ClF2IN/c1-4-5(2-9)7(8(10)11)6(12)3-13-4/h3,8H,2H2,1H3. The van der Waals surface area contributed by atoms with Crippen LogP contribution in [0.5, 0.6) is 0 Å². The number of aromatic nitrogens is 1. The second-order valence-electron chi connectivity index (χ2n) is 2.52. The van der Waals surface area contributed by atoms with Crippen LogP contribution in [0.2, 0.25) is 0 Å². The second-order valence-corrected chi connectivity index (χ2v) is 3.95. The van der Waals surface area contributed by atoms with Crippen molar-refractivity contribution in [2.24, 2.45) is 0 Å². The van der Waals surface area contributed by atoms with Crippen LogP contribution < -0.4 is 0 Å². The van der Waals surface area contributed by atoms with E-state index in [-0.39, 0.29) is 11.4 Å². The molecule has 1 rings (SSSR count). The van der Waals surface area contributed by atoms with Crippen LogP contribution in [-0.4, -0.2) is 4.98 Å². The van der Waals surface area contributed by atoms with Gasteiger partial charge < -0.3 is 0 Å². The zero-order chi connectivity index (χ0) is 10.0. The fourth-order valence-electron chi connectivity index (χ4n) is 1.04. The molecule has 0 radical (unpaired) electrons. The van der Waals surface area contributed by atoms with E-state index < -0.39 is 6.43 Å². The Morgan fingerprint density at radius 2 is 2.23 bits per heavy atom. The van der Waals surface area contributed by atoms with Gasteiger partial charge in [0.15, 0.2) is 0 Å². The molecule has 1 nitrogen and oxygen atoms in total. The minimum absolute atomic E-state index is 0.0168. The molecule has 0 fully saturated rings. The summed E-state index contributed by atoms with van der Waals surface area (Å²) in [7, 11) is 0. The number of alkyl halides is 3. The average molecular weight is 318 g/mol. The molecular weight excluding hydrogens is 310 g/mol. The lowest BCUT2D eigenvalue weighted by atomic mass is 10.1. The van der Waals surface area contributed by atoms with E-state index in [1.165, 1.54) is 6.20 Å². The number of hydrogen-bond donors (Lipinski definition) is 0. The number of pyridine rings is 1. The maximum Gasteiger partial charge on any atom is 0.265 e. The highest BCUT2D eigenvalue weighted by Gasteiger charge is 2.18. The Balaban J connectivity index is 3.35. The molecule has 0 aromatic carbocycles. The molecule has 0 bridgehead atoms. The molecule has 0 N–H and O–H groups in total. The molecule has 0 unspecified atom stereocenters. The van der Waals surface area contributed by atoms with Gasteiger partial charge in [0, 0.05) is 26.9 Å². The van der Waals surface area contributed by atoms with E-state index in [4.69, 9.17) is 11.6 Å². The van der Waals surface area contributed by atoms with E-state index in [1.807, 2.05) is 22.6 Å². The fraction of sp³-hybridized carbons (Fsp3) is 0.375. The first-order valence-corrected chi connectivity index (χ1v) is 5.17. The minimum Gasteiger partial charge on any atom is -0.260 e. The van der Waals surface area contributed by atoms with Gasteiger partial charge in [0.25, 0.3) is 6.43 Å². The molecule has 13 heavy (non-hydrogen) atoms. The van der Waals surface area contributed by atoms with Crippen LogP contribution in [-0.2, 0) is 5.88 Å². The Labute approximate surface area is 93.6 Å². The topological polar surface area (TPSA) is 12.9 Å². The largest absolute Gasteiger partial charge is 0.265 e. The van der Waals surface area contributed by atoms with E-state index in [2.05, 4.69) is 4.98 Å². The Hall–Kier alpha value is 0.0300. The smallest absolute Gasteiger partial charge is 0.260 e. The molecule has 1 aromatic heterocycles. The SMILES string of the molecule is Cc1ncc(I)c(C(F)F)c1CCl. The maximum absolute atomic E-state index is 12.6. The summed E-state index contributed by atoms with van der Waals surface area (Å²) in [6.07, 6.45) is -1.05. The van der Waals surface area contributed by atoms with Gasteiger partial charge in [0.1, 0.15) is 0 Å². The zero-order valence-electron chi connectivity index (χ0n) is 6.82.